The van der Waals surface area contributed by atoms with Gasteiger partial charge in [0.15, 0.2) is 5.78 Å². The Bertz CT molecular complexity index is 544. The number of hydrogen-bond donors (Lipinski definition) is 0. The van der Waals surface area contributed by atoms with E-state index in [2.05, 4.69) is 22.9 Å². The molecule has 114 valence electrons. The summed E-state index contributed by atoms with van der Waals surface area (Å²) < 4.78 is 5.89. The number of Topliss-reactive ketones (excluding diaryl/α,β-unsaturated/α-hetero) is 1. The number of ketones is 1. The second-order valence-corrected chi connectivity index (χ2v) is 6.37. The third-order valence-electron chi connectivity index (χ3n) is 3.90. The molecule has 0 aromatic heterocycles. The number of amides is 1. The smallest absolute Gasteiger partial charge is 0.222 e. The molecule has 1 unspecified atom stereocenters. The lowest BCUT2D eigenvalue weighted by molar-refractivity contribution is -0.130. The van der Waals surface area contributed by atoms with E-state index in [9.17, 15) is 9.59 Å². The fourth-order valence-electron chi connectivity index (χ4n) is 2.44. The Kier molecular flexibility index (Phi) is 5.39. The molecule has 0 aliphatic carbocycles. The zero-order valence-corrected chi connectivity index (χ0v) is 14.0. The summed E-state index contributed by atoms with van der Waals surface area (Å²) in [5, 5.41) is 0. The van der Waals surface area contributed by atoms with Crippen molar-refractivity contribution in [3.8, 4) is 5.75 Å². The van der Waals surface area contributed by atoms with Crippen LogP contribution >= 0.6 is 15.9 Å². The molecule has 1 saturated heterocycles. The van der Waals surface area contributed by atoms with Crippen molar-refractivity contribution >= 4 is 27.6 Å². The third kappa shape index (κ3) is 4.06. The molecule has 1 aromatic rings. The van der Waals surface area contributed by atoms with Crippen molar-refractivity contribution in [2.45, 2.75) is 26.2 Å². The number of carbonyl (C=O) groups is 2. The number of hydrogen-bond acceptors (Lipinski definition) is 3. The summed E-state index contributed by atoms with van der Waals surface area (Å²) in [6, 6.07) is 5.23. The van der Waals surface area contributed by atoms with E-state index in [4.69, 9.17) is 4.74 Å². The Morgan fingerprint density at radius 2 is 2.19 bits per heavy atom. The highest BCUT2D eigenvalue weighted by Crippen LogP contribution is 2.26. The number of rotatable bonds is 4. The van der Waals surface area contributed by atoms with Gasteiger partial charge in [-0.3, -0.25) is 9.59 Å². The first kappa shape index (κ1) is 16.0. The maximum Gasteiger partial charge on any atom is 0.222 e. The molecule has 0 saturated carbocycles. The second kappa shape index (κ2) is 7.07. The monoisotopic (exact) mass is 353 g/mol. The molecule has 1 aliphatic rings. The number of benzene rings is 1. The van der Waals surface area contributed by atoms with Crippen molar-refractivity contribution in [3.05, 3.63) is 28.2 Å². The Balaban J connectivity index is 2.06. The average molecular weight is 354 g/mol. The summed E-state index contributed by atoms with van der Waals surface area (Å²) in [5.74, 6) is 1.27. The highest BCUT2D eigenvalue weighted by molar-refractivity contribution is 9.10. The molecule has 0 bridgehead atoms. The van der Waals surface area contributed by atoms with Gasteiger partial charge in [0.25, 0.3) is 0 Å². The highest BCUT2D eigenvalue weighted by atomic mass is 79.9. The van der Waals surface area contributed by atoms with E-state index < -0.39 is 0 Å². The highest BCUT2D eigenvalue weighted by Gasteiger charge is 2.22. The van der Waals surface area contributed by atoms with Crippen molar-refractivity contribution in [2.75, 3.05) is 20.2 Å². The molecule has 1 atom stereocenters. The Hall–Kier alpha value is -1.36. The lowest BCUT2D eigenvalue weighted by Crippen LogP contribution is -2.35. The van der Waals surface area contributed by atoms with Crippen LogP contribution in [0.4, 0.5) is 0 Å². The second-order valence-electron chi connectivity index (χ2n) is 5.52. The molecule has 1 aliphatic heterocycles. The third-order valence-corrected chi connectivity index (χ3v) is 4.52. The van der Waals surface area contributed by atoms with Gasteiger partial charge in [0, 0.05) is 18.5 Å². The van der Waals surface area contributed by atoms with Gasteiger partial charge >= 0.3 is 0 Å². The topological polar surface area (TPSA) is 46.6 Å². The zero-order chi connectivity index (χ0) is 15.4. The standard InChI is InChI=1S/C16H20BrNO3/c1-11-3-6-16(20)18(8-7-11)10-14(19)12-4-5-15(21-2)13(17)9-12/h4-5,9,11H,3,6-8,10H2,1-2H3. The first-order valence-electron chi connectivity index (χ1n) is 7.15. The number of ether oxygens (including phenoxy) is 1. The molecule has 4 nitrogen and oxygen atoms in total. The molecule has 5 heteroatoms. The predicted molar refractivity (Wildman–Crippen MR) is 84.6 cm³/mol. The molecule has 1 aromatic carbocycles. The van der Waals surface area contributed by atoms with E-state index in [-0.39, 0.29) is 18.2 Å². The van der Waals surface area contributed by atoms with Crippen LogP contribution in [0.1, 0.15) is 36.5 Å². The Morgan fingerprint density at radius 3 is 2.86 bits per heavy atom. The molecule has 2 rings (SSSR count). The minimum atomic E-state index is -0.0405. The summed E-state index contributed by atoms with van der Waals surface area (Å²) in [4.78, 5) is 26.1. The Morgan fingerprint density at radius 1 is 1.43 bits per heavy atom. The van der Waals surface area contributed by atoms with Crippen molar-refractivity contribution in [2.24, 2.45) is 5.92 Å². The van der Waals surface area contributed by atoms with Crippen LogP contribution < -0.4 is 4.74 Å². The van der Waals surface area contributed by atoms with Gasteiger partial charge in [0.1, 0.15) is 5.75 Å². The molecular weight excluding hydrogens is 334 g/mol. The van der Waals surface area contributed by atoms with E-state index in [1.807, 2.05) is 0 Å². The summed E-state index contributed by atoms with van der Waals surface area (Å²) >= 11 is 3.38. The van der Waals surface area contributed by atoms with E-state index in [1.165, 1.54) is 0 Å². The van der Waals surface area contributed by atoms with Crippen LogP contribution in [0, 0.1) is 5.92 Å². The molecule has 1 fully saturated rings. The van der Waals surface area contributed by atoms with Gasteiger partial charge in [-0.15, -0.1) is 0 Å². The van der Waals surface area contributed by atoms with Crippen LogP contribution in [0.15, 0.2) is 22.7 Å². The van der Waals surface area contributed by atoms with Gasteiger partial charge in [-0.05, 0) is 52.9 Å². The van der Waals surface area contributed by atoms with Gasteiger partial charge in [0.05, 0.1) is 18.1 Å². The summed E-state index contributed by atoms with van der Waals surface area (Å²) in [5.41, 5.74) is 0.591. The predicted octanol–water partition coefficient (Wildman–Crippen LogP) is 3.29. The molecular formula is C16H20BrNO3. The lowest BCUT2D eigenvalue weighted by Gasteiger charge is -2.20. The molecule has 0 spiro atoms. The first-order valence-corrected chi connectivity index (χ1v) is 7.95. The Labute approximate surface area is 133 Å². The van der Waals surface area contributed by atoms with E-state index in [1.54, 1.807) is 30.2 Å². The number of carbonyl (C=O) groups excluding carboxylic acids is 2. The van der Waals surface area contributed by atoms with E-state index in [0.717, 1.165) is 17.3 Å². The molecule has 1 heterocycles. The number of nitrogens with zero attached hydrogens (tertiary/aromatic N) is 1. The van der Waals surface area contributed by atoms with Crippen LogP contribution in [0.2, 0.25) is 0 Å². The van der Waals surface area contributed by atoms with Crippen LogP contribution in [-0.2, 0) is 4.79 Å². The number of halogens is 1. The van der Waals surface area contributed by atoms with Crippen LogP contribution in [0.5, 0.6) is 5.75 Å². The van der Waals surface area contributed by atoms with Crippen molar-refractivity contribution < 1.29 is 14.3 Å². The number of likely N-dealkylation sites (tertiary alicyclic amines) is 1. The fraction of sp³-hybridized carbons (Fsp3) is 0.500. The lowest BCUT2D eigenvalue weighted by atomic mass is 10.0. The maximum absolute atomic E-state index is 12.3. The largest absolute Gasteiger partial charge is 0.496 e. The first-order chi connectivity index (χ1) is 10.0. The zero-order valence-electron chi connectivity index (χ0n) is 12.4. The van der Waals surface area contributed by atoms with E-state index in [0.29, 0.717) is 30.2 Å². The van der Waals surface area contributed by atoms with Crippen LogP contribution in [0.25, 0.3) is 0 Å². The van der Waals surface area contributed by atoms with Crippen molar-refractivity contribution in [1.29, 1.82) is 0 Å². The van der Waals surface area contributed by atoms with Gasteiger partial charge in [-0.1, -0.05) is 6.92 Å². The van der Waals surface area contributed by atoms with Crippen LogP contribution in [-0.4, -0.2) is 36.8 Å². The van der Waals surface area contributed by atoms with Crippen LogP contribution in [0.3, 0.4) is 0 Å². The van der Waals surface area contributed by atoms with Crippen molar-refractivity contribution in [1.82, 2.24) is 4.90 Å². The molecule has 1 amide bonds. The van der Waals surface area contributed by atoms with Gasteiger partial charge in [-0.25, -0.2) is 0 Å². The summed E-state index contributed by atoms with van der Waals surface area (Å²) in [7, 11) is 1.58. The van der Waals surface area contributed by atoms with Gasteiger partial charge < -0.3 is 9.64 Å². The minimum Gasteiger partial charge on any atom is -0.496 e. The maximum atomic E-state index is 12.3. The SMILES string of the molecule is COc1ccc(C(=O)CN2CCC(C)CCC2=O)cc1Br. The van der Waals surface area contributed by atoms with E-state index >= 15 is 0 Å². The minimum absolute atomic E-state index is 0.0405. The van der Waals surface area contributed by atoms with Crippen molar-refractivity contribution in [3.63, 3.8) is 0 Å². The van der Waals surface area contributed by atoms with Gasteiger partial charge in [0.2, 0.25) is 5.91 Å². The average Bonchev–Trinajstić information content (AvgIpc) is 2.62. The molecule has 21 heavy (non-hydrogen) atoms. The summed E-state index contributed by atoms with van der Waals surface area (Å²) in [6.45, 7) is 2.98. The molecule has 0 radical (unpaired) electrons. The summed E-state index contributed by atoms with van der Waals surface area (Å²) in [6.07, 6.45) is 2.42. The quantitative estimate of drug-likeness (QED) is 0.780. The fourth-order valence-corrected chi connectivity index (χ4v) is 2.99. The number of methoxy groups -OCH3 is 1. The normalized spacial score (nSPS) is 19.3. The molecule has 0 N–H and O–H groups in total. The van der Waals surface area contributed by atoms with Gasteiger partial charge in [-0.2, -0.15) is 0 Å².